The predicted octanol–water partition coefficient (Wildman–Crippen LogP) is 0.811. The van der Waals surface area contributed by atoms with Gasteiger partial charge in [-0.3, -0.25) is 4.79 Å². The van der Waals surface area contributed by atoms with Gasteiger partial charge in [0.15, 0.2) is 16.4 Å². The fourth-order valence-electron chi connectivity index (χ4n) is 1.42. The number of benzene rings is 1. The van der Waals surface area contributed by atoms with Crippen LogP contribution in [-0.4, -0.2) is 26.7 Å². The minimum atomic E-state index is -3.26. The van der Waals surface area contributed by atoms with Crippen molar-refractivity contribution in [3.05, 3.63) is 18.2 Å². The third-order valence-corrected chi connectivity index (χ3v) is 4.06. The SMILES string of the molecule is CCS(=O)(=O)c1ccc2c(c1)NC(=O)CO2. The zero-order valence-corrected chi connectivity index (χ0v) is 9.50. The standard InChI is InChI=1S/C10H11NO4S/c1-2-16(13,14)7-3-4-9-8(5-7)11-10(12)6-15-9/h3-5H,2,6H2,1H3,(H,11,12). The fraction of sp³-hybridized carbons (Fsp3) is 0.300. The first-order valence-electron chi connectivity index (χ1n) is 4.82. The molecule has 1 aliphatic heterocycles. The van der Waals surface area contributed by atoms with Gasteiger partial charge in [-0.05, 0) is 18.2 Å². The van der Waals surface area contributed by atoms with Crippen LogP contribution in [0.15, 0.2) is 23.1 Å². The van der Waals surface area contributed by atoms with E-state index < -0.39 is 9.84 Å². The molecule has 16 heavy (non-hydrogen) atoms. The maximum atomic E-state index is 11.6. The number of fused-ring (bicyclic) bond motifs is 1. The van der Waals surface area contributed by atoms with Crippen LogP contribution in [0.1, 0.15) is 6.92 Å². The van der Waals surface area contributed by atoms with Crippen molar-refractivity contribution in [2.24, 2.45) is 0 Å². The van der Waals surface area contributed by atoms with Gasteiger partial charge >= 0.3 is 0 Å². The predicted molar refractivity (Wildman–Crippen MR) is 58.3 cm³/mol. The van der Waals surface area contributed by atoms with Crippen LogP contribution in [0.2, 0.25) is 0 Å². The van der Waals surface area contributed by atoms with Crippen molar-refractivity contribution in [3.8, 4) is 5.75 Å². The van der Waals surface area contributed by atoms with Crippen molar-refractivity contribution in [1.29, 1.82) is 0 Å². The average molecular weight is 241 g/mol. The number of rotatable bonds is 2. The number of carbonyl (C=O) groups excluding carboxylic acids is 1. The quantitative estimate of drug-likeness (QED) is 0.831. The van der Waals surface area contributed by atoms with Crippen molar-refractivity contribution >= 4 is 21.4 Å². The van der Waals surface area contributed by atoms with Gasteiger partial charge in [-0.2, -0.15) is 0 Å². The summed E-state index contributed by atoms with van der Waals surface area (Å²) < 4.78 is 28.4. The molecule has 1 aliphatic rings. The van der Waals surface area contributed by atoms with Gasteiger partial charge in [-0.15, -0.1) is 0 Å². The first kappa shape index (κ1) is 10.9. The lowest BCUT2D eigenvalue weighted by molar-refractivity contribution is -0.118. The zero-order chi connectivity index (χ0) is 11.8. The van der Waals surface area contributed by atoms with E-state index in [1.165, 1.54) is 12.1 Å². The second-order valence-corrected chi connectivity index (χ2v) is 5.68. The number of hydrogen-bond donors (Lipinski definition) is 1. The molecule has 6 heteroatoms. The van der Waals surface area contributed by atoms with Crippen LogP contribution in [-0.2, 0) is 14.6 Å². The maximum Gasteiger partial charge on any atom is 0.262 e. The smallest absolute Gasteiger partial charge is 0.262 e. The van der Waals surface area contributed by atoms with Gasteiger partial charge < -0.3 is 10.1 Å². The number of carbonyl (C=O) groups is 1. The molecule has 1 amide bonds. The molecule has 0 radical (unpaired) electrons. The Morgan fingerprint density at radius 2 is 2.19 bits per heavy atom. The second kappa shape index (κ2) is 3.79. The van der Waals surface area contributed by atoms with E-state index in [1.54, 1.807) is 13.0 Å². The van der Waals surface area contributed by atoms with Gasteiger partial charge in [-0.25, -0.2) is 8.42 Å². The van der Waals surface area contributed by atoms with Crippen molar-refractivity contribution in [1.82, 2.24) is 0 Å². The Morgan fingerprint density at radius 1 is 1.44 bits per heavy atom. The highest BCUT2D eigenvalue weighted by Crippen LogP contribution is 2.30. The molecule has 2 rings (SSSR count). The molecule has 0 fully saturated rings. The summed E-state index contributed by atoms with van der Waals surface area (Å²) in [5, 5.41) is 2.57. The van der Waals surface area contributed by atoms with Crippen LogP contribution in [0, 0.1) is 0 Å². The summed E-state index contributed by atoms with van der Waals surface area (Å²) >= 11 is 0. The van der Waals surface area contributed by atoms with E-state index in [4.69, 9.17) is 4.74 Å². The first-order chi connectivity index (χ1) is 7.53. The highest BCUT2D eigenvalue weighted by Gasteiger charge is 2.19. The van der Waals surface area contributed by atoms with Gasteiger partial charge in [-0.1, -0.05) is 6.92 Å². The van der Waals surface area contributed by atoms with Crippen LogP contribution >= 0.6 is 0 Å². The number of ether oxygens (including phenoxy) is 1. The van der Waals surface area contributed by atoms with Gasteiger partial charge in [0.05, 0.1) is 16.3 Å². The minimum Gasteiger partial charge on any atom is -0.482 e. The van der Waals surface area contributed by atoms with E-state index in [0.717, 1.165) is 0 Å². The van der Waals surface area contributed by atoms with Crippen molar-refractivity contribution < 1.29 is 17.9 Å². The molecule has 86 valence electrons. The Labute approximate surface area is 93.3 Å². The Morgan fingerprint density at radius 3 is 2.88 bits per heavy atom. The summed E-state index contributed by atoms with van der Waals surface area (Å²) in [4.78, 5) is 11.3. The minimum absolute atomic E-state index is 0.0284. The van der Waals surface area contributed by atoms with Crippen LogP contribution in [0.4, 0.5) is 5.69 Å². The van der Waals surface area contributed by atoms with Gasteiger partial charge in [0.2, 0.25) is 0 Å². The molecule has 1 aromatic carbocycles. The molecule has 1 aromatic rings. The van der Waals surface area contributed by atoms with Crippen molar-refractivity contribution in [2.75, 3.05) is 17.7 Å². The van der Waals surface area contributed by atoms with E-state index in [9.17, 15) is 13.2 Å². The van der Waals surface area contributed by atoms with E-state index in [2.05, 4.69) is 5.32 Å². The molecule has 1 heterocycles. The zero-order valence-electron chi connectivity index (χ0n) is 8.69. The molecule has 0 bridgehead atoms. The van der Waals surface area contributed by atoms with Crippen LogP contribution in [0.3, 0.4) is 0 Å². The third kappa shape index (κ3) is 1.88. The fourth-order valence-corrected chi connectivity index (χ4v) is 2.33. The Bertz CT molecular complexity index is 536. The summed E-state index contributed by atoms with van der Waals surface area (Å²) in [5.41, 5.74) is 0.408. The van der Waals surface area contributed by atoms with Crippen LogP contribution in [0.5, 0.6) is 5.75 Å². The molecule has 1 N–H and O–H groups in total. The number of anilines is 1. The molecular weight excluding hydrogens is 230 g/mol. The summed E-state index contributed by atoms with van der Waals surface area (Å²) in [5.74, 6) is 0.244. The lowest BCUT2D eigenvalue weighted by Crippen LogP contribution is -2.25. The highest BCUT2D eigenvalue weighted by molar-refractivity contribution is 7.91. The topological polar surface area (TPSA) is 72.5 Å². The Kier molecular flexibility index (Phi) is 2.59. The summed E-state index contributed by atoms with van der Waals surface area (Å²) in [6.45, 7) is 1.54. The third-order valence-electron chi connectivity index (χ3n) is 2.32. The van der Waals surface area contributed by atoms with Gasteiger partial charge in [0.1, 0.15) is 5.75 Å². The normalized spacial score (nSPS) is 14.9. The molecular formula is C10H11NO4S. The lowest BCUT2D eigenvalue weighted by Gasteiger charge is -2.18. The van der Waals surface area contributed by atoms with Crippen LogP contribution < -0.4 is 10.1 Å². The van der Waals surface area contributed by atoms with Crippen LogP contribution in [0.25, 0.3) is 0 Å². The van der Waals surface area contributed by atoms with Gasteiger partial charge in [0, 0.05) is 0 Å². The maximum absolute atomic E-state index is 11.6. The Hall–Kier alpha value is -1.56. The summed E-state index contributed by atoms with van der Waals surface area (Å²) in [7, 11) is -3.26. The van der Waals surface area contributed by atoms with Crippen molar-refractivity contribution in [2.45, 2.75) is 11.8 Å². The monoisotopic (exact) mass is 241 g/mol. The molecule has 0 aliphatic carbocycles. The molecule has 0 atom stereocenters. The lowest BCUT2D eigenvalue weighted by atomic mass is 10.2. The molecule has 0 saturated heterocycles. The molecule has 5 nitrogen and oxygen atoms in total. The highest BCUT2D eigenvalue weighted by atomic mass is 32.2. The number of sulfone groups is 1. The first-order valence-corrected chi connectivity index (χ1v) is 6.47. The number of amides is 1. The number of nitrogens with one attached hydrogen (secondary N) is 1. The molecule has 0 saturated carbocycles. The summed E-state index contributed by atoms with van der Waals surface area (Å²) in [6.07, 6.45) is 0. The molecule has 0 spiro atoms. The molecule has 0 aromatic heterocycles. The van der Waals surface area contributed by atoms with E-state index in [-0.39, 0.29) is 23.2 Å². The largest absolute Gasteiger partial charge is 0.482 e. The van der Waals surface area contributed by atoms with E-state index in [1.807, 2.05) is 0 Å². The molecule has 0 unspecified atom stereocenters. The van der Waals surface area contributed by atoms with Gasteiger partial charge in [0.25, 0.3) is 5.91 Å². The Balaban J connectivity index is 2.47. The van der Waals surface area contributed by atoms with E-state index >= 15 is 0 Å². The summed E-state index contributed by atoms with van der Waals surface area (Å²) in [6, 6.07) is 4.46. The average Bonchev–Trinajstić information content (AvgIpc) is 2.28. The van der Waals surface area contributed by atoms with Crippen molar-refractivity contribution in [3.63, 3.8) is 0 Å². The van der Waals surface area contributed by atoms with E-state index in [0.29, 0.717) is 11.4 Å². The number of hydrogen-bond acceptors (Lipinski definition) is 4. The second-order valence-electron chi connectivity index (χ2n) is 3.40.